The molecule has 2 unspecified atom stereocenters. The summed E-state index contributed by atoms with van der Waals surface area (Å²) in [6.07, 6.45) is 5.84. The van der Waals surface area contributed by atoms with Crippen LogP contribution < -0.4 is 10.6 Å². The second kappa shape index (κ2) is 12.1. The van der Waals surface area contributed by atoms with Gasteiger partial charge in [-0.25, -0.2) is 4.99 Å². The van der Waals surface area contributed by atoms with E-state index in [1.807, 2.05) is 6.07 Å². The van der Waals surface area contributed by atoms with Gasteiger partial charge in [-0.1, -0.05) is 50.1 Å². The molecule has 0 spiro atoms. The molecule has 0 radical (unpaired) electrons. The zero-order valence-corrected chi connectivity index (χ0v) is 18.5. The predicted octanol–water partition coefficient (Wildman–Crippen LogP) is 3.05. The molecule has 0 heterocycles. The van der Waals surface area contributed by atoms with Gasteiger partial charge in [0.15, 0.2) is 5.96 Å². The summed E-state index contributed by atoms with van der Waals surface area (Å²) in [6, 6.07) is 10.8. The average Bonchev–Trinajstić information content (AvgIpc) is 2.60. The number of carbonyl (C=O) groups is 1. The van der Waals surface area contributed by atoms with Gasteiger partial charge in [-0.2, -0.15) is 0 Å². The van der Waals surface area contributed by atoms with E-state index >= 15 is 0 Å². The largest absolute Gasteiger partial charge is 0.356 e. The summed E-state index contributed by atoms with van der Waals surface area (Å²) in [4.78, 5) is 17.9. The van der Waals surface area contributed by atoms with Crippen LogP contribution in [0.1, 0.15) is 38.2 Å². The van der Waals surface area contributed by atoms with Crippen molar-refractivity contribution in [3.05, 3.63) is 35.9 Å². The molecule has 146 valence electrons. The number of hydrogen-bond acceptors (Lipinski definition) is 2. The van der Waals surface area contributed by atoms with E-state index in [0.717, 1.165) is 24.8 Å². The third-order valence-corrected chi connectivity index (χ3v) is 4.70. The van der Waals surface area contributed by atoms with Crippen molar-refractivity contribution >= 4 is 35.8 Å². The number of hydrogen-bond donors (Lipinski definition) is 2. The lowest BCUT2D eigenvalue weighted by atomic mass is 9.87. The molecule has 1 aliphatic rings. The van der Waals surface area contributed by atoms with Crippen LogP contribution in [0.15, 0.2) is 35.3 Å². The summed E-state index contributed by atoms with van der Waals surface area (Å²) in [5, 5.41) is 6.93. The van der Waals surface area contributed by atoms with Crippen LogP contribution in [-0.2, 0) is 11.2 Å². The Hall–Kier alpha value is -1.31. The molecule has 0 aliphatic heterocycles. The molecule has 1 aliphatic carbocycles. The van der Waals surface area contributed by atoms with E-state index in [9.17, 15) is 4.79 Å². The lowest BCUT2D eigenvalue weighted by molar-refractivity contribution is -0.127. The smallest absolute Gasteiger partial charge is 0.243 e. The van der Waals surface area contributed by atoms with Gasteiger partial charge in [0.25, 0.3) is 0 Å². The molecule has 0 aromatic heterocycles. The number of likely N-dealkylation sites (N-methyl/N-ethyl adjacent to an activating group) is 1. The van der Waals surface area contributed by atoms with Crippen LogP contribution >= 0.6 is 24.0 Å². The molecule has 1 amide bonds. The van der Waals surface area contributed by atoms with Crippen LogP contribution in [0.25, 0.3) is 0 Å². The third-order valence-electron chi connectivity index (χ3n) is 4.70. The van der Waals surface area contributed by atoms with Crippen LogP contribution in [0.5, 0.6) is 0 Å². The van der Waals surface area contributed by atoms with Crippen LogP contribution in [0.3, 0.4) is 0 Å². The molecule has 2 rings (SSSR count). The number of nitrogens with one attached hydrogen (secondary N) is 2. The van der Waals surface area contributed by atoms with Gasteiger partial charge in [0.1, 0.15) is 6.54 Å². The Kier molecular flexibility index (Phi) is 10.6. The normalized spacial score (nSPS) is 20.0. The van der Waals surface area contributed by atoms with Gasteiger partial charge >= 0.3 is 0 Å². The number of amides is 1. The first-order valence-electron chi connectivity index (χ1n) is 9.33. The fourth-order valence-corrected chi connectivity index (χ4v) is 3.17. The van der Waals surface area contributed by atoms with Crippen molar-refractivity contribution in [3.63, 3.8) is 0 Å². The molecule has 1 fully saturated rings. The standard InChI is InChI=1S/C20H32N4O.HI/c1-16-8-7-11-18(14-16)23-20(22-15-19(25)24(2)3)21-13-12-17-9-5-4-6-10-17;/h4-6,9-10,16,18H,7-8,11-15H2,1-3H3,(H2,21,22,23);1H. The van der Waals surface area contributed by atoms with Crippen LogP contribution in [0.2, 0.25) is 0 Å². The molecular formula is C20H33IN4O. The summed E-state index contributed by atoms with van der Waals surface area (Å²) in [5.41, 5.74) is 1.30. The third kappa shape index (κ3) is 8.38. The number of nitrogens with zero attached hydrogens (tertiary/aromatic N) is 2. The topological polar surface area (TPSA) is 56.7 Å². The highest BCUT2D eigenvalue weighted by Crippen LogP contribution is 2.23. The zero-order valence-electron chi connectivity index (χ0n) is 16.2. The summed E-state index contributed by atoms with van der Waals surface area (Å²) >= 11 is 0. The number of aliphatic imine (C=N–C) groups is 1. The maximum absolute atomic E-state index is 11.9. The molecule has 2 N–H and O–H groups in total. The molecule has 0 saturated heterocycles. The van der Waals surface area contributed by atoms with Gasteiger partial charge in [0, 0.05) is 26.7 Å². The molecule has 6 heteroatoms. The molecular weight excluding hydrogens is 439 g/mol. The molecule has 2 atom stereocenters. The second-order valence-electron chi connectivity index (χ2n) is 7.23. The Morgan fingerprint density at radius 2 is 1.96 bits per heavy atom. The van der Waals surface area contributed by atoms with Crippen molar-refractivity contribution in [2.24, 2.45) is 10.9 Å². The minimum atomic E-state index is 0. The van der Waals surface area contributed by atoms with E-state index in [-0.39, 0.29) is 36.4 Å². The van der Waals surface area contributed by atoms with Crippen molar-refractivity contribution in [2.45, 2.75) is 45.1 Å². The molecule has 5 nitrogen and oxygen atoms in total. The first-order chi connectivity index (χ1) is 12.0. The summed E-state index contributed by atoms with van der Waals surface area (Å²) < 4.78 is 0. The minimum Gasteiger partial charge on any atom is -0.356 e. The Morgan fingerprint density at radius 1 is 1.23 bits per heavy atom. The van der Waals surface area contributed by atoms with Gasteiger partial charge in [-0.15, -0.1) is 24.0 Å². The number of carbonyl (C=O) groups excluding carboxylic acids is 1. The molecule has 0 bridgehead atoms. The number of halogens is 1. The fraction of sp³-hybridized carbons (Fsp3) is 0.600. The van der Waals surface area contributed by atoms with Crippen LogP contribution in [0, 0.1) is 5.92 Å². The highest BCUT2D eigenvalue weighted by Gasteiger charge is 2.19. The maximum atomic E-state index is 11.9. The van der Waals surface area contributed by atoms with Crippen molar-refractivity contribution in [3.8, 4) is 0 Å². The monoisotopic (exact) mass is 472 g/mol. The van der Waals surface area contributed by atoms with E-state index in [0.29, 0.717) is 6.04 Å². The summed E-state index contributed by atoms with van der Waals surface area (Å²) in [5.74, 6) is 1.52. The van der Waals surface area contributed by atoms with E-state index in [1.54, 1.807) is 19.0 Å². The van der Waals surface area contributed by atoms with E-state index in [1.165, 1.54) is 31.2 Å². The Bertz CT molecular complexity index is 562. The van der Waals surface area contributed by atoms with Crippen molar-refractivity contribution in [1.29, 1.82) is 0 Å². The van der Waals surface area contributed by atoms with Gasteiger partial charge in [-0.3, -0.25) is 4.79 Å². The van der Waals surface area contributed by atoms with Gasteiger partial charge < -0.3 is 15.5 Å². The number of guanidine groups is 1. The second-order valence-corrected chi connectivity index (χ2v) is 7.23. The van der Waals surface area contributed by atoms with Gasteiger partial charge in [0.2, 0.25) is 5.91 Å². The lowest BCUT2D eigenvalue weighted by Crippen LogP contribution is -2.46. The van der Waals surface area contributed by atoms with Crippen LogP contribution in [0.4, 0.5) is 0 Å². The highest BCUT2D eigenvalue weighted by atomic mass is 127. The van der Waals surface area contributed by atoms with Gasteiger partial charge in [0.05, 0.1) is 0 Å². The summed E-state index contributed by atoms with van der Waals surface area (Å²) in [7, 11) is 3.52. The summed E-state index contributed by atoms with van der Waals surface area (Å²) in [6.45, 7) is 3.28. The first-order valence-corrected chi connectivity index (χ1v) is 9.33. The Balaban J connectivity index is 0.00000338. The van der Waals surface area contributed by atoms with Crippen molar-refractivity contribution < 1.29 is 4.79 Å². The van der Waals surface area contributed by atoms with E-state index < -0.39 is 0 Å². The maximum Gasteiger partial charge on any atom is 0.243 e. The SMILES string of the molecule is CC1CCCC(NC(=NCC(=O)N(C)C)NCCc2ccccc2)C1.I. The number of benzene rings is 1. The van der Waals surface area contributed by atoms with Crippen molar-refractivity contribution in [2.75, 3.05) is 27.2 Å². The molecule has 1 aromatic carbocycles. The van der Waals surface area contributed by atoms with Crippen LogP contribution in [-0.4, -0.2) is 50.0 Å². The average molecular weight is 472 g/mol. The minimum absolute atomic E-state index is 0. The van der Waals surface area contributed by atoms with E-state index in [2.05, 4.69) is 46.8 Å². The quantitative estimate of drug-likeness (QED) is 0.380. The highest BCUT2D eigenvalue weighted by molar-refractivity contribution is 14.0. The van der Waals surface area contributed by atoms with Gasteiger partial charge in [-0.05, 0) is 30.7 Å². The first kappa shape index (κ1) is 22.7. The number of rotatable bonds is 6. The molecule has 1 aromatic rings. The zero-order chi connectivity index (χ0) is 18.1. The Morgan fingerprint density at radius 3 is 2.62 bits per heavy atom. The molecule has 1 saturated carbocycles. The lowest BCUT2D eigenvalue weighted by Gasteiger charge is -2.29. The van der Waals surface area contributed by atoms with E-state index in [4.69, 9.17) is 0 Å². The Labute approximate surface area is 175 Å². The molecule has 26 heavy (non-hydrogen) atoms. The predicted molar refractivity (Wildman–Crippen MR) is 119 cm³/mol. The van der Waals surface area contributed by atoms with Crippen molar-refractivity contribution in [1.82, 2.24) is 15.5 Å². The fourth-order valence-electron chi connectivity index (χ4n) is 3.17.